The van der Waals surface area contributed by atoms with Crippen molar-refractivity contribution >= 4 is 118 Å². The number of fused-ring (bicyclic) bond motifs is 4. The first-order valence-electron chi connectivity index (χ1n) is 49.5. The molecule has 0 amide bonds. The lowest BCUT2D eigenvalue weighted by Gasteiger charge is -2.35. The van der Waals surface area contributed by atoms with E-state index in [9.17, 15) is 60.1 Å². The van der Waals surface area contributed by atoms with Crippen LogP contribution >= 0.6 is 29.4 Å². The molecule has 7 N–H and O–H groups in total. The summed E-state index contributed by atoms with van der Waals surface area (Å²) >= 11 is 3.24. The molecule has 0 aromatic heterocycles. The number of aliphatic carboxylic acids is 1. The lowest BCUT2D eigenvalue weighted by atomic mass is 9.70. The Bertz CT molecular complexity index is 5780. The lowest BCUT2D eigenvalue weighted by Crippen LogP contribution is -2.45. The van der Waals surface area contributed by atoms with Gasteiger partial charge in [0.2, 0.25) is 0 Å². The van der Waals surface area contributed by atoms with E-state index >= 15 is 8.78 Å². The second kappa shape index (κ2) is 53.5. The van der Waals surface area contributed by atoms with Gasteiger partial charge < -0.3 is 49.3 Å². The zero-order chi connectivity index (χ0) is 109. The molecule has 7 aromatic rings. The van der Waals surface area contributed by atoms with Gasteiger partial charge in [0.1, 0.15) is 87.1 Å². The number of unbranched alkanes of at least 4 members (excludes halogenated alkanes) is 1. The van der Waals surface area contributed by atoms with Crippen molar-refractivity contribution in [2.45, 2.75) is 353 Å². The molecule has 14 atom stereocenters. The van der Waals surface area contributed by atoms with E-state index in [1.807, 2.05) is 153 Å². The molecule has 0 saturated carbocycles. The molecule has 0 radical (unpaired) electrons. The maximum atomic E-state index is 15.6. The lowest BCUT2D eigenvalue weighted by molar-refractivity contribution is -0.166. The molecule has 802 valence electrons. The largest absolute Gasteiger partial charge is 0.481 e. The van der Waals surface area contributed by atoms with Crippen LogP contribution in [-0.2, 0) is 162 Å². The number of carboxylic acid groups (broad SMARTS) is 1. The van der Waals surface area contributed by atoms with Crippen molar-refractivity contribution < 1.29 is 107 Å². The number of allylic oxidation sites excluding steroid dienone is 2. The van der Waals surface area contributed by atoms with Crippen LogP contribution in [0.1, 0.15) is 326 Å². The summed E-state index contributed by atoms with van der Waals surface area (Å²) in [5.74, 6) is -6.99. The zero-order valence-electron chi connectivity index (χ0n) is 89.3. The average molecular weight is 2170 g/mol. The normalized spacial score (nSPS) is 20.5. The van der Waals surface area contributed by atoms with Crippen LogP contribution in [0.25, 0.3) is 0 Å². The summed E-state index contributed by atoms with van der Waals surface area (Å²) in [4.78, 5) is 93.8. The first-order chi connectivity index (χ1) is 67.4. The maximum absolute atomic E-state index is 15.6. The zero-order valence-corrected chi connectivity index (χ0v) is 94.3. The van der Waals surface area contributed by atoms with Crippen LogP contribution in [0.5, 0.6) is 0 Å². The Morgan fingerprint density at radius 3 is 1.12 bits per heavy atom. The number of nitrogens with one attached hydrogen (secondary N) is 2. The molecule has 7 aromatic carbocycles. The number of nitrogens with two attached hydrogens (primary N) is 1. The van der Waals surface area contributed by atoms with Gasteiger partial charge in [0.15, 0.2) is 0 Å². The number of hydrogen-bond acceptors (Lipinski definition) is 19. The van der Waals surface area contributed by atoms with Crippen LogP contribution in [0.3, 0.4) is 0 Å². The third kappa shape index (κ3) is 33.4. The highest BCUT2D eigenvalue weighted by molar-refractivity contribution is 9.10. The highest BCUT2D eigenvalue weighted by Crippen LogP contribution is 2.55. The van der Waals surface area contributed by atoms with E-state index in [2.05, 4.69) is 49.9 Å². The smallest absolute Gasteiger partial charge is 0.451 e. The fourth-order valence-electron chi connectivity index (χ4n) is 18.8. The van der Waals surface area contributed by atoms with Crippen LogP contribution in [0.4, 0.5) is 17.6 Å². The molecule has 0 aliphatic heterocycles. The summed E-state index contributed by atoms with van der Waals surface area (Å²) in [5, 5.41) is 27.7. The van der Waals surface area contributed by atoms with E-state index in [4.69, 9.17) is 44.2 Å². The monoisotopic (exact) mass is 2160 g/mol. The Labute approximate surface area is 885 Å². The van der Waals surface area contributed by atoms with Gasteiger partial charge >= 0.3 is 48.9 Å². The summed E-state index contributed by atoms with van der Waals surface area (Å²) in [6, 6.07) is 38.5. The fourth-order valence-corrected chi connectivity index (χ4v) is 21.2. The predicted octanol–water partition coefficient (Wildman–Crippen LogP) is 22.7. The number of carbonyl (C=O) groups excluding carboxylic acids is 6. The molecule has 0 unspecified atom stereocenters. The van der Waals surface area contributed by atoms with Gasteiger partial charge in [-0.2, -0.15) is 17.9 Å². The number of benzene rings is 7. The highest BCUT2D eigenvalue weighted by Gasteiger charge is 2.59. The highest BCUT2D eigenvalue weighted by atomic mass is 79.9. The van der Waals surface area contributed by atoms with Crippen molar-refractivity contribution in [3.05, 3.63) is 270 Å². The second-order valence-electron chi connectivity index (χ2n) is 44.1. The van der Waals surface area contributed by atoms with Crippen molar-refractivity contribution in [1.29, 1.82) is 0 Å². The summed E-state index contributed by atoms with van der Waals surface area (Å²) in [6.45, 7) is 51.2. The van der Waals surface area contributed by atoms with Gasteiger partial charge in [-0.15, -0.1) is 13.2 Å². The van der Waals surface area contributed by atoms with Gasteiger partial charge in [0.05, 0.1) is 65.4 Å². The van der Waals surface area contributed by atoms with Gasteiger partial charge in [-0.05, 0) is 366 Å². The van der Waals surface area contributed by atoms with Gasteiger partial charge in [0.25, 0.3) is 0 Å². The van der Waals surface area contributed by atoms with Crippen LogP contribution < -0.4 is 15.2 Å². The van der Waals surface area contributed by atoms with Gasteiger partial charge in [0, 0.05) is 41.0 Å². The first-order valence-corrected chi connectivity index (χ1v) is 53.7. The van der Waals surface area contributed by atoms with Crippen molar-refractivity contribution in [3.8, 4) is 0 Å². The number of ether oxygens (including phenoxy) is 6. The summed E-state index contributed by atoms with van der Waals surface area (Å²) in [6.07, 6.45) is 10.6. The van der Waals surface area contributed by atoms with Gasteiger partial charge in [-0.25, -0.2) is 39.6 Å². The number of esters is 6. The fraction of sp³-hybridized carbons (Fsp3) is 0.522. The van der Waals surface area contributed by atoms with Crippen molar-refractivity contribution in [2.75, 3.05) is 0 Å². The number of halogens is 5. The number of hydrogen-bond donors (Lipinski definition) is 6. The quantitative estimate of drug-likeness (QED) is 0.00537. The van der Waals surface area contributed by atoms with Gasteiger partial charge in [-0.1, -0.05) is 129 Å². The van der Waals surface area contributed by atoms with Crippen molar-refractivity contribution in [2.24, 2.45) is 33.8 Å². The minimum absolute atomic E-state index is 0. The minimum atomic E-state index is -1.45. The van der Waals surface area contributed by atoms with Crippen LogP contribution in [0, 0.1) is 46.9 Å². The van der Waals surface area contributed by atoms with E-state index in [-0.39, 0.29) is 91.4 Å². The number of carboxylic acids is 1. The summed E-state index contributed by atoms with van der Waals surface area (Å²) < 4.78 is 139. The molecule has 0 heterocycles. The maximum Gasteiger partial charge on any atom is 0.451 e. The van der Waals surface area contributed by atoms with Crippen LogP contribution in [-0.4, -0.2) is 114 Å². The molecule has 4 aliphatic rings. The first kappa shape index (κ1) is 126. The molecule has 0 fully saturated rings. The Morgan fingerprint density at radius 2 is 0.808 bits per heavy atom. The molecule has 11 rings (SSSR count). The molecule has 0 saturated heterocycles. The van der Waals surface area contributed by atoms with Crippen molar-refractivity contribution in [1.82, 2.24) is 9.44 Å². The molecule has 4 aliphatic carbocycles. The van der Waals surface area contributed by atoms with Crippen LogP contribution in [0.2, 0.25) is 6.32 Å². The molecule has 0 bridgehead atoms. The molecular formula is C113H154BBrF4N4O19S4. The standard InChI is InChI=1S/C33H46FNO5S.C32H42FNO5S.C26H28BrFO4.C16H23BFNO4.C6H13NOS.H2S/c1-9-10-16-25-17-24-18-28(34)26(22(2)35-41(38)32(6,7)8)19-27(24)33(25,20-29(36)40-31(3,4)5)30(37)39-21-23-14-12-11-13-15-23;1-9-13-24-16-23-17-27(33)25(21(2)34-40(37)31(6,7)8)18-26(23)32(24,19-28(35)39-30(3,4)5)29(36)38-20-22-14-11-10-12-15-22;1-5-9-19-12-18-13-22(28)21(27)14-20(18)26(19,15-23(29)32-25(2,3)4)24(30)31-16-17-10-7-6-8-11-17;1-9(19)12-8-13-10(7-14(12)18)6-11(4-3-5-17(22)23)16(13,2)15(20)21;1-5-7-9(8)6(2,3)4;/h11-15,18-19,22,25,35H,9-10,16-17,20-21H2,1-8H3;9-12,14-15,17-18,21,24,34H,1,13,16,19-20H2,2-8H3;5-8,10-11,13-14,19H,1,9,12,15-16H2,2-4H3;7-9,11,22-23H,3-6,19H2,1-2H3,(H,20,21);5H,1-4H3;1H2/t22-,25+,33+,41+;21-,24+,32+,40+;19-,26-;9-,11+,16+;9-;/m11010./s1. The number of nitrogens with zero attached hydrogens (tertiary/aromatic N) is 1. The molecular weight excluding hydrogens is 2010 g/mol. The van der Waals surface area contributed by atoms with E-state index < -0.39 is 177 Å². The van der Waals surface area contributed by atoms with Crippen molar-refractivity contribution in [3.63, 3.8) is 0 Å². The second-order valence-corrected chi connectivity index (χ2v) is 50.9. The summed E-state index contributed by atoms with van der Waals surface area (Å²) in [7, 11) is -5.35. The Hall–Kier alpha value is -9.16. The van der Waals surface area contributed by atoms with E-state index in [0.717, 1.165) is 29.5 Å². The predicted molar refractivity (Wildman–Crippen MR) is 580 cm³/mol. The molecule has 146 heavy (non-hydrogen) atoms. The Morgan fingerprint density at radius 1 is 0.493 bits per heavy atom. The van der Waals surface area contributed by atoms with E-state index in [0.29, 0.717) is 113 Å². The van der Waals surface area contributed by atoms with E-state index in [1.165, 1.54) is 24.3 Å². The molecule has 33 heteroatoms. The number of rotatable bonds is 35. The van der Waals surface area contributed by atoms with Gasteiger partial charge in [-0.3, -0.25) is 33.6 Å². The summed E-state index contributed by atoms with van der Waals surface area (Å²) in [5.41, 5.74) is 6.84. The topological polar surface area (TPSA) is 349 Å². The molecule has 23 nitrogen and oxygen atoms in total. The average Bonchev–Trinajstić information content (AvgIpc) is 1.58. The van der Waals surface area contributed by atoms with Crippen LogP contribution in [0.15, 0.2) is 174 Å². The molecule has 0 spiro atoms. The SMILES string of the molecule is C=CC[C@H]1Cc2cc(F)c(Br)cc2[C@@]1(CC(=O)OC(C)(C)C)C(=O)OCc1ccccc1.C=CC[C@H]1Cc2cc(F)c([C@@H](C)N[S@@](=O)C(C)(C)C)cc2[C@@]1(CC(=O)OC(C)(C)C)C(=O)OCc1ccccc1.CC=N[S@@](=O)C(C)(C)C.CCCC[C@H]1Cc2cc(F)c([C@@H](C)N[S@@](=O)C(C)(C)C)cc2[C@@]1(CC(=O)OC(C)(C)C)C(=O)OCc1ccccc1.C[C@@H](N)c1cc2c(cc1F)C[C@H](CCCB(O)O)[C@]2(C)C(=O)O.S. The number of carbonyl (C=O) groups is 7. The Balaban J connectivity index is 0.000000293. The Kier molecular flexibility index (Phi) is 46.0. The third-order valence-corrected chi connectivity index (χ3v) is 31.4. The minimum Gasteiger partial charge on any atom is -0.481 e. The third-order valence-electron chi connectivity index (χ3n) is 25.9. The van der Waals surface area contributed by atoms with E-state index in [1.54, 1.807) is 140 Å².